The Morgan fingerprint density at radius 3 is 2.24 bits per heavy atom. The molecule has 0 bridgehead atoms. The van der Waals surface area contributed by atoms with Gasteiger partial charge in [0, 0.05) is 25.6 Å². The quantitative estimate of drug-likeness (QED) is 0.706. The van der Waals surface area contributed by atoms with Crippen molar-refractivity contribution in [3.63, 3.8) is 0 Å². The second kappa shape index (κ2) is 9.47. The Hall–Kier alpha value is -1.60. The maximum atomic E-state index is 12.9. The molecule has 1 fully saturated rings. The molecule has 0 spiro atoms. The van der Waals surface area contributed by atoms with Gasteiger partial charge in [0.2, 0.25) is 15.9 Å². The van der Waals surface area contributed by atoms with E-state index in [0.717, 1.165) is 0 Å². The summed E-state index contributed by atoms with van der Waals surface area (Å²) in [6.45, 7) is 3.14. The Balaban J connectivity index is 1.57. The number of rotatable bonds is 6. The molecule has 0 radical (unpaired) electrons. The molecular formula is C21H24Cl2N2O3S. The summed E-state index contributed by atoms with van der Waals surface area (Å²) in [7, 11) is -3.80. The molecule has 2 aromatic carbocycles. The molecule has 8 heteroatoms. The van der Waals surface area contributed by atoms with Crippen molar-refractivity contribution in [3.8, 4) is 0 Å². The predicted molar refractivity (Wildman–Crippen MR) is 116 cm³/mol. The van der Waals surface area contributed by atoms with Gasteiger partial charge in [0.05, 0.1) is 10.0 Å². The molecule has 0 aromatic heterocycles. The number of piperidine rings is 1. The predicted octanol–water partition coefficient (Wildman–Crippen LogP) is 4.31. The molecule has 29 heavy (non-hydrogen) atoms. The number of sulfonamides is 1. The zero-order chi connectivity index (χ0) is 21.0. The molecule has 1 heterocycles. The first-order chi connectivity index (χ1) is 13.8. The summed E-state index contributed by atoms with van der Waals surface area (Å²) in [6, 6.07) is 14.6. The summed E-state index contributed by atoms with van der Waals surface area (Å²) in [5.41, 5.74) is 1.17. The third-order valence-corrected chi connectivity index (χ3v) is 8.15. The van der Waals surface area contributed by atoms with Crippen molar-refractivity contribution in [2.45, 2.75) is 30.6 Å². The maximum absolute atomic E-state index is 12.9. The molecule has 1 N–H and O–H groups in total. The number of hydrogen-bond donors (Lipinski definition) is 1. The van der Waals surface area contributed by atoms with E-state index in [4.69, 9.17) is 23.2 Å². The number of nitrogens with one attached hydrogen (secondary N) is 1. The number of carbonyl (C=O) groups is 1. The van der Waals surface area contributed by atoms with Crippen LogP contribution in [0.3, 0.4) is 0 Å². The van der Waals surface area contributed by atoms with Crippen LogP contribution in [0.1, 0.15) is 31.2 Å². The normalized spacial score (nSPS) is 17.1. The molecule has 0 aliphatic carbocycles. The fourth-order valence-electron chi connectivity index (χ4n) is 3.51. The molecule has 1 saturated heterocycles. The van der Waals surface area contributed by atoms with Gasteiger partial charge in [-0.1, -0.05) is 66.5 Å². The molecule has 2 aromatic rings. The van der Waals surface area contributed by atoms with Crippen molar-refractivity contribution in [1.82, 2.24) is 9.62 Å². The first-order valence-electron chi connectivity index (χ1n) is 9.57. The number of amides is 1. The number of hydrogen-bond acceptors (Lipinski definition) is 3. The number of halogens is 2. The van der Waals surface area contributed by atoms with Gasteiger partial charge in [-0.25, -0.2) is 8.42 Å². The van der Waals surface area contributed by atoms with Gasteiger partial charge in [-0.15, -0.1) is 0 Å². The smallest absolute Gasteiger partial charge is 0.246 e. The van der Waals surface area contributed by atoms with E-state index in [1.54, 1.807) is 6.07 Å². The minimum atomic E-state index is -3.80. The molecule has 5 nitrogen and oxygen atoms in total. The van der Waals surface area contributed by atoms with Crippen LogP contribution in [-0.4, -0.2) is 38.3 Å². The first-order valence-corrected chi connectivity index (χ1v) is 11.8. The summed E-state index contributed by atoms with van der Waals surface area (Å²) >= 11 is 12.2. The van der Waals surface area contributed by atoms with Crippen LogP contribution in [0.25, 0.3) is 0 Å². The molecule has 1 amide bonds. The molecule has 1 atom stereocenters. The standard InChI is InChI=1S/C21H24Cl2N2O3S/c1-15(16-6-3-2-4-7-16)14-24-21(26)17-10-12-25(13-11-17)29(27,28)20-18(22)8-5-9-19(20)23/h2-9,15,17H,10-14H2,1H3,(H,24,26). The van der Waals surface area contributed by atoms with Crippen LogP contribution in [-0.2, 0) is 14.8 Å². The number of carbonyl (C=O) groups excluding carboxylic acids is 1. The van der Waals surface area contributed by atoms with Crippen LogP contribution >= 0.6 is 23.2 Å². The van der Waals surface area contributed by atoms with E-state index in [-0.39, 0.29) is 45.8 Å². The Morgan fingerprint density at radius 1 is 1.07 bits per heavy atom. The highest BCUT2D eigenvalue weighted by Gasteiger charge is 2.34. The van der Waals surface area contributed by atoms with E-state index in [0.29, 0.717) is 19.4 Å². The van der Waals surface area contributed by atoms with Crippen molar-refractivity contribution in [3.05, 3.63) is 64.1 Å². The van der Waals surface area contributed by atoms with Crippen LogP contribution in [0.15, 0.2) is 53.4 Å². The lowest BCUT2D eigenvalue weighted by molar-refractivity contribution is -0.126. The highest BCUT2D eigenvalue weighted by molar-refractivity contribution is 7.89. The molecule has 1 aliphatic rings. The van der Waals surface area contributed by atoms with Crippen LogP contribution in [0.2, 0.25) is 10.0 Å². The SMILES string of the molecule is CC(CNC(=O)C1CCN(S(=O)(=O)c2c(Cl)cccc2Cl)CC1)c1ccccc1. The van der Waals surface area contributed by atoms with E-state index in [9.17, 15) is 13.2 Å². The van der Waals surface area contributed by atoms with Gasteiger partial charge in [0.25, 0.3) is 0 Å². The Morgan fingerprint density at radius 2 is 1.66 bits per heavy atom. The lowest BCUT2D eigenvalue weighted by Gasteiger charge is -2.31. The largest absolute Gasteiger partial charge is 0.355 e. The van der Waals surface area contributed by atoms with Crippen molar-refractivity contribution in [1.29, 1.82) is 0 Å². The Bertz CT molecular complexity index is 939. The average Bonchev–Trinajstić information content (AvgIpc) is 2.72. The Kier molecular flexibility index (Phi) is 7.22. The second-order valence-electron chi connectivity index (χ2n) is 7.29. The van der Waals surface area contributed by atoms with Gasteiger partial charge in [-0.3, -0.25) is 4.79 Å². The molecule has 3 rings (SSSR count). The molecular weight excluding hydrogens is 431 g/mol. The highest BCUT2D eigenvalue weighted by atomic mass is 35.5. The molecule has 156 valence electrons. The highest BCUT2D eigenvalue weighted by Crippen LogP contribution is 2.33. The first kappa shape index (κ1) is 22.1. The molecule has 0 saturated carbocycles. The van der Waals surface area contributed by atoms with Crippen molar-refractivity contribution < 1.29 is 13.2 Å². The van der Waals surface area contributed by atoms with Gasteiger partial charge >= 0.3 is 0 Å². The summed E-state index contributed by atoms with van der Waals surface area (Å²) in [5, 5.41) is 3.21. The summed E-state index contributed by atoms with van der Waals surface area (Å²) in [4.78, 5) is 12.5. The van der Waals surface area contributed by atoms with Gasteiger partial charge in [0.1, 0.15) is 4.90 Å². The van der Waals surface area contributed by atoms with Crippen molar-refractivity contribution >= 4 is 39.1 Å². The van der Waals surface area contributed by atoms with Crippen molar-refractivity contribution in [2.24, 2.45) is 5.92 Å². The maximum Gasteiger partial charge on any atom is 0.246 e. The zero-order valence-electron chi connectivity index (χ0n) is 16.1. The Labute approximate surface area is 182 Å². The third-order valence-electron chi connectivity index (χ3n) is 5.29. The second-order valence-corrected chi connectivity index (χ2v) is 9.98. The van der Waals surface area contributed by atoms with Crippen LogP contribution in [0, 0.1) is 5.92 Å². The van der Waals surface area contributed by atoms with Crippen LogP contribution < -0.4 is 5.32 Å². The lowest BCUT2D eigenvalue weighted by atomic mass is 9.96. The fourth-order valence-corrected chi connectivity index (χ4v) is 6.07. The zero-order valence-corrected chi connectivity index (χ0v) is 18.5. The molecule has 1 aliphatic heterocycles. The topological polar surface area (TPSA) is 66.5 Å². The summed E-state index contributed by atoms with van der Waals surface area (Å²) in [6.07, 6.45) is 0.930. The van der Waals surface area contributed by atoms with Gasteiger partial charge in [-0.2, -0.15) is 4.31 Å². The monoisotopic (exact) mass is 454 g/mol. The minimum absolute atomic E-state index is 0.0272. The van der Waals surface area contributed by atoms with Crippen LogP contribution in [0.4, 0.5) is 0 Å². The minimum Gasteiger partial charge on any atom is -0.355 e. The fraction of sp³-hybridized carbons (Fsp3) is 0.381. The number of nitrogens with zero attached hydrogens (tertiary/aromatic N) is 1. The summed E-state index contributed by atoms with van der Waals surface area (Å²) in [5.74, 6) is -0.0188. The molecule has 1 unspecified atom stereocenters. The van der Waals surface area contributed by atoms with E-state index in [1.807, 2.05) is 30.3 Å². The van der Waals surface area contributed by atoms with E-state index < -0.39 is 10.0 Å². The van der Waals surface area contributed by atoms with Crippen molar-refractivity contribution in [2.75, 3.05) is 19.6 Å². The van der Waals surface area contributed by atoms with Gasteiger partial charge in [-0.05, 0) is 36.5 Å². The lowest BCUT2D eigenvalue weighted by Crippen LogP contribution is -2.43. The van der Waals surface area contributed by atoms with Crippen LogP contribution in [0.5, 0.6) is 0 Å². The number of benzene rings is 2. The van der Waals surface area contributed by atoms with E-state index in [2.05, 4.69) is 12.2 Å². The van der Waals surface area contributed by atoms with E-state index in [1.165, 1.54) is 22.0 Å². The van der Waals surface area contributed by atoms with Gasteiger partial charge in [0.15, 0.2) is 0 Å². The van der Waals surface area contributed by atoms with Gasteiger partial charge < -0.3 is 5.32 Å². The third kappa shape index (κ3) is 5.12. The summed E-state index contributed by atoms with van der Waals surface area (Å²) < 4.78 is 27.2. The average molecular weight is 455 g/mol. The van der Waals surface area contributed by atoms with E-state index >= 15 is 0 Å².